The van der Waals surface area contributed by atoms with Crippen molar-refractivity contribution in [2.24, 2.45) is 0 Å². The van der Waals surface area contributed by atoms with Crippen LogP contribution in [0.3, 0.4) is 0 Å². The van der Waals surface area contributed by atoms with Crippen molar-refractivity contribution in [1.29, 1.82) is 0 Å². The molecule has 0 aliphatic carbocycles. The van der Waals surface area contributed by atoms with E-state index < -0.39 is 23.2 Å². The van der Waals surface area contributed by atoms with E-state index in [9.17, 15) is 14.4 Å². The minimum Gasteiger partial charge on any atom is -0.493 e. The van der Waals surface area contributed by atoms with Crippen molar-refractivity contribution in [3.05, 3.63) is 22.6 Å². The molecule has 0 N–H and O–H groups in total. The maximum Gasteiger partial charge on any atom is 0.328 e. The zero-order valence-electron chi connectivity index (χ0n) is 14.4. The maximum atomic E-state index is 12.6. The molecule has 138 valence electrons. The van der Waals surface area contributed by atoms with Gasteiger partial charge in [0.2, 0.25) is 6.79 Å². The molecular weight excluding hydrogens is 362 g/mol. The molecule has 0 saturated carbocycles. The fourth-order valence-electron chi connectivity index (χ4n) is 2.56. The summed E-state index contributed by atoms with van der Waals surface area (Å²) in [4.78, 5) is 37.5. The Kier molecular flexibility index (Phi) is 5.08. The Morgan fingerprint density at radius 1 is 1.35 bits per heavy atom. The average Bonchev–Trinajstić information content (AvgIpc) is 3.18. The SMILES string of the molecule is CCOc1cc2c(cc1/C=C1\SC(=O)N([C@H](C)C(=O)OC)C1=O)OCO2. The van der Waals surface area contributed by atoms with Crippen LogP contribution in [0.4, 0.5) is 4.79 Å². The van der Waals surface area contributed by atoms with Crippen LogP contribution < -0.4 is 14.2 Å². The quantitative estimate of drug-likeness (QED) is 0.569. The maximum absolute atomic E-state index is 12.6. The van der Waals surface area contributed by atoms with Crippen LogP contribution in [-0.2, 0) is 14.3 Å². The summed E-state index contributed by atoms with van der Waals surface area (Å²) in [5.74, 6) is 0.370. The second kappa shape index (κ2) is 7.28. The average molecular weight is 379 g/mol. The molecule has 2 aliphatic rings. The lowest BCUT2D eigenvalue weighted by Gasteiger charge is -2.18. The van der Waals surface area contributed by atoms with E-state index in [-0.39, 0.29) is 11.7 Å². The molecule has 2 amide bonds. The Morgan fingerprint density at radius 2 is 2.04 bits per heavy atom. The number of fused-ring (bicyclic) bond motifs is 1. The van der Waals surface area contributed by atoms with Gasteiger partial charge in [-0.3, -0.25) is 14.5 Å². The number of hydrogen-bond donors (Lipinski definition) is 0. The Balaban J connectivity index is 1.94. The van der Waals surface area contributed by atoms with Gasteiger partial charge in [0.15, 0.2) is 11.5 Å². The number of amides is 2. The first-order valence-electron chi connectivity index (χ1n) is 7.87. The zero-order valence-corrected chi connectivity index (χ0v) is 15.3. The topological polar surface area (TPSA) is 91.4 Å². The van der Waals surface area contributed by atoms with Crippen molar-refractivity contribution >= 4 is 35.0 Å². The molecule has 9 heteroatoms. The molecule has 2 aliphatic heterocycles. The molecular formula is C17H17NO7S. The predicted molar refractivity (Wildman–Crippen MR) is 93.0 cm³/mol. The third-order valence-electron chi connectivity index (χ3n) is 3.84. The van der Waals surface area contributed by atoms with E-state index in [1.54, 1.807) is 18.2 Å². The van der Waals surface area contributed by atoms with Gasteiger partial charge in [0.05, 0.1) is 18.6 Å². The van der Waals surface area contributed by atoms with E-state index in [1.165, 1.54) is 14.0 Å². The van der Waals surface area contributed by atoms with Crippen LogP contribution in [-0.4, -0.2) is 48.6 Å². The molecule has 0 radical (unpaired) electrons. The number of imide groups is 1. The minimum absolute atomic E-state index is 0.109. The standard InChI is InChI=1S/C17H17NO7S/c1-4-23-11-7-13-12(24-8-25-13)5-10(11)6-14-15(19)18(17(21)26-14)9(2)16(20)22-3/h5-7,9H,4,8H2,1-3H3/b14-6-/t9-/m1/s1. The van der Waals surface area contributed by atoms with Gasteiger partial charge >= 0.3 is 5.97 Å². The summed E-state index contributed by atoms with van der Waals surface area (Å²) in [6.07, 6.45) is 1.54. The second-order valence-electron chi connectivity index (χ2n) is 5.43. The van der Waals surface area contributed by atoms with E-state index in [4.69, 9.17) is 14.2 Å². The molecule has 26 heavy (non-hydrogen) atoms. The first-order valence-corrected chi connectivity index (χ1v) is 8.69. The monoisotopic (exact) mass is 379 g/mol. The largest absolute Gasteiger partial charge is 0.493 e. The third-order valence-corrected chi connectivity index (χ3v) is 4.73. The molecule has 1 saturated heterocycles. The second-order valence-corrected chi connectivity index (χ2v) is 6.42. The van der Waals surface area contributed by atoms with E-state index in [1.807, 2.05) is 6.92 Å². The van der Waals surface area contributed by atoms with E-state index in [0.717, 1.165) is 16.7 Å². The first-order chi connectivity index (χ1) is 12.5. The fraction of sp³-hybridized carbons (Fsp3) is 0.353. The van der Waals surface area contributed by atoms with Gasteiger partial charge < -0.3 is 18.9 Å². The van der Waals surface area contributed by atoms with Gasteiger partial charge in [0.25, 0.3) is 11.1 Å². The summed E-state index contributed by atoms with van der Waals surface area (Å²) in [5, 5.41) is -0.530. The van der Waals surface area contributed by atoms with Gasteiger partial charge in [-0.05, 0) is 37.8 Å². The highest BCUT2D eigenvalue weighted by Gasteiger charge is 2.41. The lowest BCUT2D eigenvalue weighted by atomic mass is 10.1. The van der Waals surface area contributed by atoms with Gasteiger partial charge in [-0.2, -0.15) is 0 Å². The molecule has 1 fully saturated rings. The molecule has 0 bridgehead atoms. The Bertz CT molecular complexity index is 805. The summed E-state index contributed by atoms with van der Waals surface area (Å²) >= 11 is 0.756. The van der Waals surface area contributed by atoms with Crippen molar-refractivity contribution in [1.82, 2.24) is 4.90 Å². The first kappa shape index (κ1) is 18.1. The Morgan fingerprint density at radius 3 is 2.69 bits per heavy atom. The van der Waals surface area contributed by atoms with Crippen LogP contribution in [0.5, 0.6) is 17.2 Å². The van der Waals surface area contributed by atoms with Crippen LogP contribution in [0.15, 0.2) is 17.0 Å². The molecule has 3 rings (SSSR count). The highest BCUT2D eigenvalue weighted by Crippen LogP contribution is 2.41. The van der Waals surface area contributed by atoms with Crippen molar-refractivity contribution in [3.63, 3.8) is 0 Å². The van der Waals surface area contributed by atoms with Crippen LogP contribution >= 0.6 is 11.8 Å². The summed E-state index contributed by atoms with van der Waals surface area (Å²) in [5.41, 5.74) is 0.576. The Labute approximate surface area is 154 Å². The number of ether oxygens (including phenoxy) is 4. The number of rotatable bonds is 5. The number of hydrogen-bond acceptors (Lipinski definition) is 8. The summed E-state index contributed by atoms with van der Waals surface area (Å²) in [6.45, 7) is 3.80. The number of methoxy groups -OCH3 is 1. The van der Waals surface area contributed by atoms with Crippen LogP contribution in [0.25, 0.3) is 6.08 Å². The highest BCUT2D eigenvalue weighted by molar-refractivity contribution is 8.18. The highest BCUT2D eigenvalue weighted by atomic mass is 32.2. The summed E-state index contributed by atoms with van der Waals surface area (Å²) in [7, 11) is 1.20. The Hall–Kier alpha value is -2.68. The molecule has 0 unspecified atom stereocenters. The molecule has 2 heterocycles. The number of esters is 1. The van der Waals surface area contributed by atoms with Crippen molar-refractivity contribution in [2.45, 2.75) is 19.9 Å². The van der Waals surface area contributed by atoms with Gasteiger partial charge in [-0.15, -0.1) is 0 Å². The van der Waals surface area contributed by atoms with Gasteiger partial charge in [0.1, 0.15) is 11.8 Å². The summed E-state index contributed by atoms with van der Waals surface area (Å²) in [6, 6.07) is 2.37. The molecule has 0 spiro atoms. The van der Waals surface area contributed by atoms with Crippen LogP contribution in [0.1, 0.15) is 19.4 Å². The molecule has 8 nitrogen and oxygen atoms in total. The minimum atomic E-state index is -0.999. The number of nitrogens with zero attached hydrogens (tertiary/aromatic N) is 1. The normalized spacial score (nSPS) is 18.4. The smallest absolute Gasteiger partial charge is 0.328 e. The van der Waals surface area contributed by atoms with Crippen LogP contribution in [0.2, 0.25) is 0 Å². The van der Waals surface area contributed by atoms with Gasteiger partial charge in [-0.25, -0.2) is 4.79 Å². The lowest BCUT2D eigenvalue weighted by molar-refractivity contribution is -0.148. The number of benzene rings is 1. The van der Waals surface area contributed by atoms with Crippen molar-refractivity contribution < 1.29 is 33.3 Å². The molecule has 1 aromatic carbocycles. The van der Waals surface area contributed by atoms with Gasteiger partial charge in [-0.1, -0.05) is 0 Å². The van der Waals surface area contributed by atoms with E-state index in [2.05, 4.69) is 4.74 Å². The lowest BCUT2D eigenvalue weighted by Crippen LogP contribution is -2.42. The molecule has 1 aromatic rings. The molecule has 1 atom stereocenters. The number of carbonyl (C=O) groups excluding carboxylic acids is 3. The third kappa shape index (κ3) is 3.22. The van der Waals surface area contributed by atoms with E-state index >= 15 is 0 Å². The van der Waals surface area contributed by atoms with Crippen molar-refractivity contribution in [3.8, 4) is 17.2 Å². The molecule has 0 aromatic heterocycles. The van der Waals surface area contributed by atoms with Crippen molar-refractivity contribution in [2.75, 3.05) is 20.5 Å². The van der Waals surface area contributed by atoms with Crippen LogP contribution in [0, 0.1) is 0 Å². The fourth-order valence-corrected chi connectivity index (χ4v) is 3.46. The zero-order chi connectivity index (χ0) is 18.8. The number of thioether (sulfide) groups is 1. The van der Waals surface area contributed by atoms with E-state index in [0.29, 0.717) is 29.4 Å². The number of carbonyl (C=O) groups is 3. The predicted octanol–water partition coefficient (Wildman–Crippen LogP) is 2.41. The van der Waals surface area contributed by atoms with Gasteiger partial charge in [0, 0.05) is 11.6 Å². The summed E-state index contributed by atoms with van der Waals surface area (Å²) < 4.78 is 20.9.